The Morgan fingerprint density at radius 2 is 1.84 bits per heavy atom. The maximum absolute atomic E-state index is 11.6. The van der Waals surface area contributed by atoms with Gasteiger partial charge in [0.25, 0.3) is 5.91 Å². The van der Waals surface area contributed by atoms with Gasteiger partial charge in [0.1, 0.15) is 11.6 Å². The molecule has 1 unspecified atom stereocenters. The van der Waals surface area contributed by atoms with Gasteiger partial charge in [-0.05, 0) is 27.2 Å². The molecule has 0 aromatic carbocycles. The number of hydrogen-bond acceptors (Lipinski definition) is 4. The van der Waals surface area contributed by atoms with Crippen LogP contribution in [0.15, 0.2) is 0 Å². The highest BCUT2D eigenvalue weighted by Crippen LogP contribution is 2.09. The molecule has 0 fully saturated rings. The summed E-state index contributed by atoms with van der Waals surface area (Å²) in [4.78, 5) is 23.0. The zero-order valence-electron chi connectivity index (χ0n) is 12.3. The van der Waals surface area contributed by atoms with Crippen molar-refractivity contribution in [2.24, 2.45) is 0 Å². The molecule has 3 N–H and O–H groups in total. The van der Waals surface area contributed by atoms with E-state index >= 15 is 0 Å². The second-order valence-corrected chi connectivity index (χ2v) is 5.52. The summed E-state index contributed by atoms with van der Waals surface area (Å²) >= 11 is 0. The van der Waals surface area contributed by atoms with E-state index in [9.17, 15) is 9.59 Å². The second kappa shape index (κ2) is 8.74. The number of carbonyl (C=O) groups is 2. The Morgan fingerprint density at radius 1 is 1.21 bits per heavy atom. The van der Waals surface area contributed by atoms with E-state index in [0.29, 0.717) is 6.42 Å². The molecule has 0 aliphatic rings. The van der Waals surface area contributed by atoms with E-state index in [0.717, 1.165) is 25.7 Å². The molecule has 0 saturated heterocycles. The molecule has 0 aliphatic heterocycles. The van der Waals surface area contributed by atoms with Crippen molar-refractivity contribution in [3.05, 3.63) is 0 Å². The second-order valence-electron chi connectivity index (χ2n) is 5.52. The van der Waals surface area contributed by atoms with Crippen LogP contribution in [0.25, 0.3) is 0 Å². The third-order valence-corrected chi connectivity index (χ3v) is 2.46. The SMILES string of the molecule is CCCCCCC(NC(=O)OC(C)(C)C)C(=O)NO. The predicted molar refractivity (Wildman–Crippen MR) is 71.8 cm³/mol. The van der Waals surface area contributed by atoms with E-state index in [-0.39, 0.29) is 0 Å². The van der Waals surface area contributed by atoms with Gasteiger partial charge in [-0.25, -0.2) is 10.3 Å². The van der Waals surface area contributed by atoms with Crippen LogP contribution in [0.5, 0.6) is 0 Å². The van der Waals surface area contributed by atoms with E-state index in [1.807, 2.05) is 0 Å². The molecule has 0 aromatic rings. The van der Waals surface area contributed by atoms with E-state index in [2.05, 4.69) is 12.2 Å². The zero-order valence-corrected chi connectivity index (χ0v) is 12.3. The molecule has 0 aromatic heterocycles. The van der Waals surface area contributed by atoms with Crippen LogP contribution >= 0.6 is 0 Å². The first-order chi connectivity index (χ1) is 8.80. The van der Waals surface area contributed by atoms with Gasteiger partial charge in [-0.1, -0.05) is 32.6 Å². The fraction of sp³-hybridized carbons (Fsp3) is 0.846. The molecule has 0 heterocycles. The summed E-state index contributed by atoms with van der Waals surface area (Å²) in [5.74, 6) is -0.623. The quantitative estimate of drug-likeness (QED) is 0.378. The van der Waals surface area contributed by atoms with Crippen LogP contribution in [0.4, 0.5) is 4.79 Å². The average molecular weight is 274 g/mol. The highest BCUT2D eigenvalue weighted by Gasteiger charge is 2.23. The van der Waals surface area contributed by atoms with E-state index in [1.54, 1.807) is 26.3 Å². The molecule has 19 heavy (non-hydrogen) atoms. The molecular weight excluding hydrogens is 248 g/mol. The Labute approximate surface area is 114 Å². The first-order valence-corrected chi connectivity index (χ1v) is 6.73. The lowest BCUT2D eigenvalue weighted by Crippen LogP contribution is -2.47. The third-order valence-electron chi connectivity index (χ3n) is 2.46. The molecule has 0 spiro atoms. The van der Waals surface area contributed by atoms with Crippen molar-refractivity contribution in [1.29, 1.82) is 0 Å². The molecule has 0 saturated carbocycles. The molecule has 6 heteroatoms. The van der Waals surface area contributed by atoms with Crippen molar-refractivity contribution < 1.29 is 19.5 Å². The van der Waals surface area contributed by atoms with E-state index < -0.39 is 23.6 Å². The van der Waals surface area contributed by atoms with Crippen molar-refractivity contribution in [3.8, 4) is 0 Å². The minimum Gasteiger partial charge on any atom is -0.444 e. The van der Waals surface area contributed by atoms with Gasteiger partial charge < -0.3 is 10.1 Å². The topological polar surface area (TPSA) is 87.7 Å². The van der Waals surface area contributed by atoms with Crippen LogP contribution in [0, 0.1) is 0 Å². The number of amides is 2. The summed E-state index contributed by atoms with van der Waals surface area (Å²) in [7, 11) is 0. The van der Waals surface area contributed by atoms with E-state index in [1.165, 1.54) is 0 Å². The van der Waals surface area contributed by atoms with Crippen molar-refractivity contribution in [2.75, 3.05) is 0 Å². The van der Waals surface area contributed by atoms with Gasteiger partial charge in [0, 0.05) is 0 Å². The number of hydrogen-bond donors (Lipinski definition) is 3. The number of rotatable bonds is 7. The Morgan fingerprint density at radius 3 is 2.32 bits per heavy atom. The van der Waals surface area contributed by atoms with Gasteiger partial charge in [-0.2, -0.15) is 0 Å². The maximum Gasteiger partial charge on any atom is 0.408 e. The van der Waals surface area contributed by atoms with Crippen molar-refractivity contribution in [1.82, 2.24) is 10.8 Å². The zero-order chi connectivity index (χ0) is 14.9. The van der Waals surface area contributed by atoms with Crippen LogP contribution in [0.3, 0.4) is 0 Å². The highest BCUT2D eigenvalue weighted by molar-refractivity contribution is 5.84. The van der Waals surface area contributed by atoms with Crippen molar-refractivity contribution >= 4 is 12.0 Å². The molecule has 0 radical (unpaired) electrons. The molecule has 1 atom stereocenters. The van der Waals surface area contributed by atoms with Crippen LogP contribution < -0.4 is 10.8 Å². The van der Waals surface area contributed by atoms with Crippen LogP contribution in [-0.4, -0.2) is 28.9 Å². The summed E-state index contributed by atoms with van der Waals surface area (Å²) in [6, 6.07) is -0.767. The van der Waals surface area contributed by atoms with Gasteiger partial charge in [-0.15, -0.1) is 0 Å². The molecule has 112 valence electrons. The maximum atomic E-state index is 11.6. The predicted octanol–water partition coefficient (Wildman–Crippen LogP) is 2.36. The Bertz CT molecular complexity index is 287. The number of ether oxygens (including phenoxy) is 1. The average Bonchev–Trinajstić information content (AvgIpc) is 2.29. The van der Waals surface area contributed by atoms with Crippen LogP contribution in [0.2, 0.25) is 0 Å². The molecule has 2 amide bonds. The lowest BCUT2D eigenvalue weighted by molar-refractivity contribution is -0.131. The first-order valence-electron chi connectivity index (χ1n) is 6.73. The number of carbonyl (C=O) groups excluding carboxylic acids is 2. The van der Waals surface area contributed by atoms with Gasteiger partial charge in [-0.3, -0.25) is 10.0 Å². The normalized spacial score (nSPS) is 12.7. The summed E-state index contributed by atoms with van der Waals surface area (Å²) in [6.45, 7) is 7.33. The van der Waals surface area contributed by atoms with Gasteiger partial charge in [0.05, 0.1) is 0 Å². The van der Waals surface area contributed by atoms with Gasteiger partial charge in [0.2, 0.25) is 0 Å². The third kappa shape index (κ3) is 9.30. The van der Waals surface area contributed by atoms with Crippen molar-refractivity contribution in [2.45, 2.75) is 71.4 Å². The number of nitrogens with one attached hydrogen (secondary N) is 2. The minimum absolute atomic E-state index is 0.478. The lowest BCUT2D eigenvalue weighted by Gasteiger charge is -2.22. The van der Waals surface area contributed by atoms with Gasteiger partial charge >= 0.3 is 6.09 Å². The Balaban J connectivity index is 4.27. The number of unbranched alkanes of at least 4 members (excludes halogenated alkanes) is 3. The molecule has 0 rings (SSSR count). The van der Waals surface area contributed by atoms with Crippen LogP contribution in [0.1, 0.15) is 59.8 Å². The van der Waals surface area contributed by atoms with Crippen molar-refractivity contribution in [3.63, 3.8) is 0 Å². The number of hydroxylamine groups is 1. The monoisotopic (exact) mass is 274 g/mol. The Hall–Kier alpha value is -1.30. The smallest absolute Gasteiger partial charge is 0.408 e. The highest BCUT2D eigenvalue weighted by atomic mass is 16.6. The molecule has 0 bridgehead atoms. The molecule has 6 nitrogen and oxygen atoms in total. The molecule has 0 aliphatic carbocycles. The summed E-state index contributed by atoms with van der Waals surface area (Å²) in [6.07, 6.45) is 3.79. The summed E-state index contributed by atoms with van der Waals surface area (Å²) in [5.41, 5.74) is 0.946. The first kappa shape index (κ1) is 17.7. The summed E-state index contributed by atoms with van der Waals surface area (Å²) < 4.78 is 5.08. The minimum atomic E-state index is -0.767. The molecular formula is C13H26N2O4. The van der Waals surface area contributed by atoms with Gasteiger partial charge in [0.15, 0.2) is 0 Å². The largest absolute Gasteiger partial charge is 0.444 e. The number of alkyl carbamates (subject to hydrolysis) is 1. The Kier molecular flexibility index (Phi) is 8.14. The lowest BCUT2D eigenvalue weighted by atomic mass is 10.1. The fourth-order valence-electron chi connectivity index (χ4n) is 1.57. The fourth-order valence-corrected chi connectivity index (χ4v) is 1.57. The summed E-state index contributed by atoms with van der Waals surface area (Å²) in [5, 5.41) is 11.1. The van der Waals surface area contributed by atoms with E-state index in [4.69, 9.17) is 9.94 Å². The van der Waals surface area contributed by atoms with Crippen LogP contribution in [-0.2, 0) is 9.53 Å². The standard InChI is InChI=1S/C13H26N2O4/c1-5-6-7-8-9-10(11(16)15-18)14-12(17)19-13(2,3)4/h10,18H,5-9H2,1-4H3,(H,14,17)(H,15,16).